The Morgan fingerprint density at radius 2 is 2.14 bits per heavy atom. The number of piperazine rings is 1. The van der Waals surface area contributed by atoms with Crippen molar-refractivity contribution in [1.29, 1.82) is 5.26 Å². The Balaban J connectivity index is 1.32. The van der Waals surface area contributed by atoms with E-state index < -0.39 is 0 Å². The second kappa shape index (κ2) is 8.29. The molecule has 3 aromatic heterocycles. The van der Waals surface area contributed by atoms with Gasteiger partial charge in [-0.15, -0.1) is 11.3 Å². The molecule has 0 aromatic carbocycles. The maximum absolute atomic E-state index is 12.1. The molecule has 1 saturated heterocycles. The molecule has 0 atom stereocenters. The molecule has 144 valence electrons. The predicted octanol–water partition coefficient (Wildman–Crippen LogP) is 2.31. The van der Waals surface area contributed by atoms with E-state index in [0.29, 0.717) is 56.8 Å². The molecule has 3 aromatic rings. The van der Waals surface area contributed by atoms with Crippen LogP contribution in [-0.4, -0.2) is 48.5 Å². The summed E-state index contributed by atoms with van der Waals surface area (Å²) in [5, 5.41) is 14.3. The van der Waals surface area contributed by atoms with Gasteiger partial charge in [0.25, 0.3) is 5.89 Å². The first-order chi connectivity index (χ1) is 13.7. The minimum Gasteiger partial charge on any atom is -0.459 e. The van der Waals surface area contributed by atoms with E-state index in [1.54, 1.807) is 23.5 Å². The number of anilines is 1. The molecule has 0 saturated carbocycles. The molecule has 1 aliphatic heterocycles. The number of hydrogen-bond donors (Lipinski definition) is 1. The molecule has 0 unspecified atom stereocenters. The summed E-state index contributed by atoms with van der Waals surface area (Å²) < 4.78 is 11.1. The molecule has 0 aliphatic carbocycles. The van der Waals surface area contributed by atoms with E-state index in [0.717, 1.165) is 4.88 Å². The standard InChI is InChI=1S/C19H19N5O3S/c20-11-15-19(27-18(22-15)16-4-1-9-26-16)24-7-5-23(6-8-24)13-17(25)21-12-14-3-2-10-28-14/h1-4,9-10H,5-8,12-13H2,(H,21,25). The van der Waals surface area contributed by atoms with Gasteiger partial charge < -0.3 is 19.1 Å². The van der Waals surface area contributed by atoms with Crippen LogP contribution in [0.4, 0.5) is 5.88 Å². The molecule has 4 heterocycles. The van der Waals surface area contributed by atoms with Crippen molar-refractivity contribution in [2.45, 2.75) is 6.54 Å². The largest absolute Gasteiger partial charge is 0.459 e. The maximum atomic E-state index is 12.1. The fourth-order valence-corrected chi connectivity index (χ4v) is 3.72. The molecule has 1 fully saturated rings. The summed E-state index contributed by atoms with van der Waals surface area (Å²) in [7, 11) is 0. The lowest BCUT2D eigenvalue weighted by Gasteiger charge is -2.33. The molecular weight excluding hydrogens is 378 g/mol. The molecule has 0 bridgehead atoms. The van der Waals surface area contributed by atoms with Crippen LogP contribution >= 0.6 is 11.3 Å². The molecule has 8 nitrogen and oxygen atoms in total. The molecular formula is C19H19N5O3S. The van der Waals surface area contributed by atoms with E-state index in [9.17, 15) is 10.1 Å². The van der Waals surface area contributed by atoms with Crippen LogP contribution in [0.1, 0.15) is 10.6 Å². The summed E-state index contributed by atoms with van der Waals surface area (Å²) in [6.07, 6.45) is 1.54. The molecule has 0 spiro atoms. The van der Waals surface area contributed by atoms with E-state index in [-0.39, 0.29) is 11.6 Å². The summed E-state index contributed by atoms with van der Waals surface area (Å²) in [6, 6.07) is 9.55. The van der Waals surface area contributed by atoms with Gasteiger partial charge in [0, 0.05) is 31.1 Å². The van der Waals surface area contributed by atoms with Crippen LogP contribution in [0, 0.1) is 11.3 Å². The van der Waals surface area contributed by atoms with Gasteiger partial charge in [-0.3, -0.25) is 9.69 Å². The van der Waals surface area contributed by atoms with Crippen LogP contribution in [0.15, 0.2) is 44.7 Å². The van der Waals surface area contributed by atoms with E-state index in [4.69, 9.17) is 8.83 Å². The number of furan rings is 1. The van der Waals surface area contributed by atoms with Gasteiger partial charge in [0.15, 0.2) is 5.76 Å². The quantitative estimate of drug-likeness (QED) is 0.681. The summed E-state index contributed by atoms with van der Waals surface area (Å²) >= 11 is 1.63. The Hall–Kier alpha value is -3.09. The van der Waals surface area contributed by atoms with Crippen LogP contribution in [-0.2, 0) is 11.3 Å². The summed E-state index contributed by atoms with van der Waals surface area (Å²) in [5.41, 5.74) is 0.244. The lowest BCUT2D eigenvalue weighted by atomic mass is 10.3. The summed E-state index contributed by atoms with van der Waals surface area (Å²) in [5.74, 6) is 1.26. The number of nitrogens with one attached hydrogen (secondary N) is 1. The topological polar surface area (TPSA) is 98.5 Å². The van der Waals surface area contributed by atoms with Crippen LogP contribution in [0.3, 0.4) is 0 Å². The minimum atomic E-state index is 0.0133. The van der Waals surface area contributed by atoms with E-state index in [2.05, 4.69) is 21.3 Å². The Bertz CT molecular complexity index is 951. The third-order valence-corrected chi connectivity index (χ3v) is 5.39. The van der Waals surface area contributed by atoms with Gasteiger partial charge in [0.1, 0.15) is 6.07 Å². The molecule has 1 aliphatic rings. The Morgan fingerprint density at radius 1 is 1.29 bits per heavy atom. The molecule has 9 heteroatoms. The fraction of sp³-hybridized carbons (Fsp3) is 0.316. The highest BCUT2D eigenvalue weighted by Gasteiger charge is 2.26. The van der Waals surface area contributed by atoms with Gasteiger partial charge >= 0.3 is 0 Å². The highest BCUT2D eigenvalue weighted by atomic mass is 32.1. The Labute approximate surface area is 166 Å². The third kappa shape index (κ3) is 4.08. The van der Waals surface area contributed by atoms with Crippen LogP contribution < -0.4 is 10.2 Å². The highest BCUT2D eigenvalue weighted by Crippen LogP contribution is 2.29. The van der Waals surface area contributed by atoms with Crippen LogP contribution in [0.2, 0.25) is 0 Å². The molecule has 1 N–H and O–H groups in total. The number of amides is 1. The Morgan fingerprint density at radius 3 is 2.82 bits per heavy atom. The number of carbonyl (C=O) groups excluding carboxylic acids is 1. The van der Waals surface area contributed by atoms with Crippen molar-refractivity contribution in [3.63, 3.8) is 0 Å². The van der Waals surface area contributed by atoms with Crippen molar-refractivity contribution < 1.29 is 13.6 Å². The average Bonchev–Trinajstić information content (AvgIpc) is 3.48. The van der Waals surface area contributed by atoms with Crippen molar-refractivity contribution in [3.8, 4) is 17.7 Å². The lowest BCUT2D eigenvalue weighted by molar-refractivity contribution is -0.122. The van der Waals surface area contributed by atoms with Crippen molar-refractivity contribution in [3.05, 3.63) is 46.5 Å². The number of hydrogen-bond acceptors (Lipinski definition) is 8. The summed E-state index contributed by atoms with van der Waals surface area (Å²) in [6.45, 7) is 3.63. The maximum Gasteiger partial charge on any atom is 0.266 e. The first-order valence-corrected chi connectivity index (χ1v) is 9.82. The monoisotopic (exact) mass is 397 g/mol. The summed E-state index contributed by atoms with van der Waals surface area (Å²) in [4.78, 5) is 21.6. The van der Waals surface area contributed by atoms with E-state index in [1.165, 1.54) is 6.26 Å². The Kier molecular flexibility index (Phi) is 5.41. The fourth-order valence-electron chi connectivity index (χ4n) is 3.07. The molecule has 0 radical (unpaired) electrons. The number of nitriles is 1. The second-order valence-electron chi connectivity index (χ2n) is 6.38. The van der Waals surface area contributed by atoms with Crippen molar-refractivity contribution in [2.75, 3.05) is 37.6 Å². The average molecular weight is 397 g/mol. The van der Waals surface area contributed by atoms with Gasteiger partial charge in [-0.1, -0.05) is 6.07 Å². The SMILES string of the molecule is N#Cc1nc(-c2ccco2)oc1N1CCN(CC(=O)NCc2cccs2)CC1. The third-order valence-electron chi connectivity index (χ3n) is 4.51. The normalized spacial score (nSPS) is 14.8. The van der Waals surface area contributed by atoms with Gasteiger partial charge in [0.2, 0.25) is 17.5 Å². The zero-order valence-electron chi connectivity index (χ0n) is 15.1. The molecule has 4 rings (SSSR count). The molecule has 1 amide bonds. The number of rotatable bonds is 6. The number of thiophene rings is 1. The van der Waals surface area contributed by atoms with Crippen LogP contribution in [0.25, 0.3) is 11.7 Å². The first-order valence-electron chi connectivity index (χ1n) is 8.94. The van der Waals surface area contributed by atoms with Gasteiger partial charge in [-0.25, -0.2) is 0 Å². The number of oxazole rings is 1. The number of nitrogens with zero attached hydrogens (tertiary/aromatic N) is 4. The van der Waals surface area contributed by atoms with Crippen molar-refractivity contribution in [2.24, 2.45) is 0 Å². The first kappa shape index (κ1) is 18.3. The van der Waals surface area contributed by atoms with Crippen molar-refractivity contribution in [1.82, 2.24) is 15.2 Å². The van der Waals surface area contributed by atoms with Crippen LogP contribution in [0.5, 0.6) is 0 Å². The minimum absolute atomic E-state index is 0.0133. The highest BCUT2D eigenvalue weighted by molar-refractivity contribution is 7.09. The molecule has 28 heavy (non-hydrogen) atoms. The van der Waals surface area contributed by atoms with Gasteiger partial charge in [-0.05, 0) is 23.6 Å². The number of carbonyl (C=O) groups is 1. The zero-order valence-corrected chi connectivity index (χ0v) is 15.9. The van der Waals surface area contributed by atoms with E-state index in [1.807, 2.05) is 22.4 Å². The lowest BCUT2D eigenvalue weighted by Crippen LogP contribution is -2.49. The van der Waals surface area contributed by atoms with Gasteiger partial charge in [-0.2, -0.15) is 10.2 Å². The zero-order chi connectivity index (χ0) is 19.3. The second-order valence-corrected chi connectivity index (χ2v) is 7.41. The van der Waals surface area contributed by atoms with Gasteiger partial charge in [0.05, 0.1) is 19.4 Å². The van der Waals surface area contributed by atoms with Crippen molar-refractivity contribution >= 4 is 23.1 Å². The predicted molar refractivity (Wildman–Crippen MR) is 104 cm³/mol. The smallest absolute Gasteiger partial charge is 0.266 e. The number of aromatic nitrogens is 1. The van der Waals surface area contributed by atoms with E-state index >= 15 is 0 Å².